The van der Waals surface area contributed by atoms with Gasteiger partial charge in [0, 0.05) is 19.1 Å². The molecule has 2 heterocycles. The third-order valence-corrected chi connectivity index (χ3v) is 4.76. The number of hydrogen-bond donors (Lipinski definition) is 1. The number of nitrogens with one attached hydrogen (secondary N) is 1. The van der Waals surface area contributed by atoms with Gasteiger partial charge in [-0.15, -0.1) is 0 Å². The highest BCUT2D eigenvalue weighted by atomic mass is 19.4. The molecule has 1 aromatic carbocycles. The Labute approximate surface area is 149 Å². The summed E-state index contributed by atoms with van der Waals surface area (Å²) >= 11 is 0. The van der Waals surface area contributed by atoms with Crippen LogP contribution in [0.2, 0.25) is 0 Å². The van der Waals surface area contributed by atoms with Crippen molar-refractivity contribution in [3.05, 3.63) is 41.7 Å². The summed E-state index contributed by atoms with van der Waals surface area (Å²) in [6, 6.07) is 5.63. The molecular formula is C18H20F3N3O2. The molecule has 1 aliphatic heterocycles. The lowest BCUT2D eigenvalue weighted by Crippen LogP contribution is -2.17. The van der Waals surface area contributed by atoms with Crippen molar-refractivity contribution >= 4 is 5.69 Å². The van der Waals surface area contributed by atoms with Crippen molar-refractivity contribution in [1.29, 1.82) is 0 Å². The first-order valence-electron chi connectivity index (χ1n) is 8.78. The number of aromatic nitrogens is 2. The van der Waals surface area contributed by atoms with Crippen molar-refractivity contribution in [2.24, 2.45) is 0 Å². The molecule has 1 aliphatic carbocycles. The number of alkyl halides is 3. The fourth-order valence-corrected chi connectivity index (χ4v) is 3.18. The monoisotopic (exact) mass is 367 g/mol. The van der Waals surface area contributed by atoms with Crippen LogP contribution < -0.4 is 10.3 Å². The van der Waals surface area contributed by atoms with Crippen LogP contribution in [0.5, 0.6) is 5.75 Å². The maximum absolute atomic E-state index is 13.1. The summed E-state index contributed by atoms with van der Waals surface area (Å²) in [6.07, 6.45) is 1.13. The molecule has 0 unspecified atom stereocenters. The Balaban J connectivity index is 1.56. The van der Waals surface area contributed by atoms with Gasteiger partial charge in [0.25, 0.3) is 0 Å². The Morgan fingerprint density at radius 2 is 1.85 bits per heavy atom. The largest absolute Gasteiger partial charge is 0.418 e. The zero-order chi connectivity index (χ0) is 18.1. The van der Waals surface area contributed by atoms with E-state index < -0.39 is 11.7 Å². The molecule has 4 rings (SSSR count). The van der Waals surface area contributed by atoms with Crippen LogP contribution >= 0.6 is 0 Å². The fraction of sp³-hybridized carbons (Fsp3) is 0.500. The van der Waals surface area contributed by atoms with Gasteiger partial charge in [0.15, 0.2) is 5.75 Å². The van der Waals surface area contributed by atoms with E-state index >= 15 is 0 Å². The van der Waals surface area contributed by atoms with Crippen LogP contribution in [-0.2, 0) is 10.9 Å². The molecule has 0 spiro atoms. The number of rotatable bonds is 5. The quantitative estimate of drug-likeness (QED) is 0.789. The molecule has 0 bridgehead atoms. The number of hydrogen-bond acceptors (Lipinski definition) is 4. The maximum Gasteiger partial charge on any atom is 0.418 e. The second-order valence-corrected chi connectivity index (χ2v) is 6.72. The molecule has 0 amide bonds. The molecular weight excluding hydrogens is 347 g/mol. The highest BCUT2D eigenvalue weighted by molar-refractivity contribution is 5.51. The standard InChI is InChI=1S/C18H20F3N3O2/c19-18(20,21)14-3-1-2-4-15(14)23-26-16-11-24(13-5-6-13)22-17(16)12-7-9-25-10-8-12/h1-4,11-13,23H,5-10H2. The fourth-order valence-electron chi connectivity index (χ4n) is 3.18. The Bertz CT molecular complexity index is 765. The van der Waals surface area contributed by atoms with E-state index in [0.29, 0.717) is 25.0 Å². The molecule has 2 fully saturated rings. The molecule has 26 heavy (non-hydrogen) atoms. The number of halogens is 3. The molecule has 0 atom stereocenters. The lowest BCUT2D eigenvalue weighted by atomic mass is 9.96. The highest BCUT2D eigenvalue weighted by Crippen LogP contribution is 2.40. The van der Waals surface area contributed by atoms with Gasteiger partial charge in [-0.25, -0.2) is 5.48 Å². The molecule has 1 saturated carbocycles. The SMILES string of the molecule is FC(F)(F)c1ccccc1NOc1cn(C2CC2)nc1C1CCOCC1. The van der Waals surface area contributed by atoms with E-state index in [9.17, 15) is 13.2 Å². The Morgan fingerprint density at radius 3 is 2.54 bits per heavy atom. The second-order valence-electron chi connectivity index (χ2n) is 6.72. The van der Waals surface area contributed by atoms with E-state index in [0.717, 1.165) is 37.4 Å². The number of nitrogens with zero attached hydrogens (tertiary/aromatic N) is 2. The molecule has 5 nitrogen and oxygen atoms in total. The van der Waals surface area contributed by atoms with Gasteiger partial charge in [-0.05, 0) is 37.8 Å². The lowest BCUT2D eigenvalue weighted by Gasteiger charge is -2.21. The van der Waals surface area contributed by atoms with Crippen molar-refractivity contribution in [2.45, 2.75) is 43.8 Å². The Kier molecular flexibility index (Phi) is 4.52. The molecule has 8 heteroatoms. The zero-order valence-corrected chi connectivity index (χ0v) is 14.1. The van der Waals surface area contributed by atoms with E-state index in [4.69, 9.17) is 9.57 Å². The van der Waals surface area contributed by atoms with Crippen LogP contribution in [0, 0.1) is 0 Å². The van der Waals surface area contributed by atoms with Crippen LogP contribution in [0.15, 0.2) is 30.5 Å². The minimum absolute atomic E-state index is 0.114. The van der Waals surface area contributed by atoms with Gasteiger partial charge in [0.05, 0.1) is 23.5 Å². The minimum atomic E-state index is -4.45. The summed E-state index contributed by atoms with van der Waals surface area (Å²) < 4.78 is 46.7. The van der Waals surface area contributed by atoms with Crippen molar-refractivity contribution < 1.29 is 22.7 Å². The Morgan fingerprint density at radius 1 is 1.12 bits per heavy atom. The predicted molar refractivity (Wildman–Crippen MR) is 89.0 cm³/mol. The first-order valence-corrected chi connectivity index (χ1v) is 8.78. The Hall–Kier alpha value is -2.22. The summed E-state index contributed by atoms with van der Waals surface area (Å²) in [5.74, 6) is 0.680. The van der Waals surface area contributed by atoms with E-state index in [1.54, 1.807) is 6.20 Å². The number of para-hydroxylation sites is 1. The third kappa shape index (κ3) is 3.65. The third-order valence-electron chi connectivity index (χ3n) is 4.76. The summed E-state index contributed by atoms with van der Waals surface area (Å²) in [6.45, 7) is 1.31. The second kappa shape index (κ2) is 6.83. The van der Waals surface area contributed by atoms with Crippen molar-refractivity contribution in [3.8, 4) is 5.75 Å². The van der Waals surface area contributed by atoms with Crippen molar-refractivity contribution in [1.82, 2.24) is 9.78 Å². The molecule has 2 aliphatic rings. The zero-order valence-electron chi connectivity index (χ0n) is 14.1. The topological polar surface area (TPSA) is 48.3 Å². The summed E-state index contributed by atoms with van der Waals surface area (Å²) in [4.78, 5) is 5.60. The smallest absolute Gasteiger partial charge is 0.381 e. The average Bonchev–Trinajstić information content (AvgIpc) is 3.40. The van der Waals surface area contributed by atoms with Crippen molar-refractivity contribution in [2.75, 3.05) is 18.7 Å². The number of benzene rings is 1. The number of ether oxygens (including phenoxy) is 1. The maximum atomic E-state index is 13.1. The summed E-state index contributed by atoms with van der Waals surface area (Å²) in [5, 5.41) is 4.65. The normalized spacial score (nSPS) is 18.7. The van der Waals surface area contributed by atoms with E-state index in [2.05, 4.69) is 10.6 Å². The van der Waals surface area contributed by atoms with Gasteiger partial charge in [0.1, 0.15) is 5.69 Å². The summed E-state index contributed by atoms with van der Waals surface area (Å²) in [5.41, 5.74) is 2.40. The average molecular weight is 367 g/mol. The molecule has 1 saturated heterocycles. The van der Waals surface area contributed by atoms with Crippen LogP contribution in [0.1, 0.15) is 48.9 Å². The first-order chi connectivity index (χ1) is 12.5. The van der Waals surface area contributed by atoms with Crippen LogP contribution in [0.4, 0.5) is 18.9 Å². The van der Waals surface area contributed by atoms with E-state index in [1.807, 2.05) is 4.68 Å². The van der Waals surface area contributed by atoms with Crippen LogP contribution in [-0.4, -0.2) is 23.0 Å². The number of anilines is 1. The van der Waals surface area contributed by atoms with E-state index in [1.165, 1.54) is 18.2 Å². The van der Waals surface area contributed by atoms with E-state index in [-0.39, 0.29) is 11.6 Å². The van der Waals surface area contributed by atoms with Gasteiger partial charge in [-0.2, -0.15) is 18.3 Å². The molecule has 1 aromatic heterocycles. The molecule has 2 aromatic rings. The molecule has 0 radical (unpaired) electrons. The molecule has 1 N–H and O–H groups in total. The first kappa shape index (κ1) is 17.2. The van der Waals surface area contributed by atoms with Gasteiger partial charge < -0.3 is 9.57 Å². The van der Waals surface area contributed by atoms with Crippen LogP contribution in [0.25, 0.3) is 0 Å². The molecule has 140 valence electrons. The van der Waals surface area contributed by atoms with Gasteiger partial charge >= 0.3 is 6.18 Å². The lowest BCUT2D eigenvalue weighted by molar-refractivity contribution is -0.137. The van der Waals surface area contributed by atoms with Crippen molar-refractivity contribution in [3.63, 3.8) is 0 Å². The minimum Gasteiger partial charge on any atom is -0.381 e. The highest BCUT2D eigenvalue weighted by Gasteiger charge is 2.34. The summed E-state index contributed by atoms with van der Waals surface area (Å²) in [7, 11) is 0. The van der Waals surface area contributed by atoms with Gasteiger partial charge in [-0.1, -0.05) is 12.1 Å². The van der Waals surface area contributed by atoms with Crippen LogP contribution in [0.3, 0.4) is 0 Å². The van der Waals surface area contributed by atoms with Gasteiger partial charge in [-0.3, -0.25) is 4.68 Å². The van der Waals surface area contributed by atoms with Gasteiger partial charge in [0.2, 0.25) is 0 Å². The predicted octanol–water partition coefficient (Wildman–Crippen LogP) is 4.54.